The molecule has 2 aliphatic rings. The van der Waals surface area contributed by atoms with Crippen LogP contribution < -0.4 is 5.32 Å². The van der Waals surface area contributed by atoms with Crippen molar-refractivity contribution >= 4 is 5.96 Å². The van der Waals surface area contributed by atoms with E-state index in [1.807, 2.05) is 6.92 Å². The molecule has 0 radical (unpaired) electrons. The SMILES string of the molecule is CCNC(=NCc1ccc(O)c(F)c1)N1CCOC(C2CCCO2)C1. The molecule has 1 aromatic carbocycles. The highest BCUT2D eigenvalue weighted by molar-refractivity contribution is 5.80. The lowest BCUT2D eigenvalue weighted by Gasteiger charge is -2.37. The summed E-state index contributed by atoms with van der Waals surface area (Å²) in [5.74, 6) is -0.169. The lowest BCUT2D eigenvalue weighted by Crippen LogP contribution is -2.53. The van der Waals surface area contributed by atoms with Gasteiger partial charge in [-0.3, -0.25) is 0 Å². The first-order valence-electron chi connectivity index (χ1n) is 8.91. The van der Waals surface area contributed by atoms with Gasteiger partial charge in [-0.05, 0) is 37.5 Å². The van der Waals surface area contributed by atoms with Crippen molar-refractivity contribution in [2.24, 2.45) is 4.99 Å². The maximum atomic E-state index is 13.5. The minimum Gasteiger partial charge on any atom is -0.505 e. The molecule has 2 fully saturated rings. The van der Waals surface area contributed by atoms with Crippen LogP contribution in [0.15, 0.2) is 23.2 Å². The minimum atomic E-state index is -0.623. The van der Waals surface area contributed by atoms with E-state index in [0.717, 1.165) is 50.6 Å². The number of halogens is 1. The van der Waals surface area contributed by atoms with Crippen molar-refractivity contribution in [2.45, 2.75) is 38.5 Å². The summed E-state index contributed by atoms with van der Waals surface area (Å²) >= 11 is 0. The molecular weight excluding hydrogens is 325 g/mol. The lowest BCUT2D eigenvalue weighted by molar-refractivity contribution is -0.0817. The number of aromatic hydroxyl groups is 1. The van der Waals surface area contributed by atoms with Crippen molar-refractivity contribution in [2.75, 3.05) is 32.8 Å². The first-order chi connectivity index (χ1) is 12.2. The summed E-state index contributed by atoms with van der Waals surface area (Å²) in [6.45, 7) is 6.08. The van der Waals surface area contributed by atoms with Gasteiger partial charge in [-0.25, -0.2) is 9.38 Å². The number of phenols is 1. The van der Waals surface area contributed by atoms with Gasteiger partial charge in [0.1, 0.15) is 6.10 Å². The van der Waals surface area contributed by atoms with Crippen LogP contribution in [-0.2, 0) is 16.0 Å². The van der Waals surface area contributed by atoms with E-state index in [1.165, 1.54) is 12.1 Å². The Morgan fingerprint density at radius 2 is 2.20 bits per heavy atom. The monoisotopic (exact) mass is 351 g/mol. The highest BCUT2D eigenvalue weighted by Gasteiger charge is 2.32. The molecule has 0 bridgehead atoms. The van der Waals surface area contributed by atoms with Crippen molar-refractivity contribution in [3.05, 3.63) is 29.6 Å². The molecule has 0 aliphatic carbocycles. The van der Waals surface area contributed by atoms with Crippen LogP contribution in [0.1, 0.15) is 25.3 Å². The first-order valence-corrected chi connectivity index (χ1v) is 8.91. The van der Waals surface area contributed by atoms with Crippen molar-refractivity contribution in [1.82, 2.24) is 10.2 Å². The number of rotatable bonds is 4. The lowest BCUT2D eigenvalue weighted by atomic mass is 10.1. The Hall–Kier alpha value is -1.86. The van der Waals surface area contributed by atoms with Gasteiger partial charge in [-0.15, -0.1) is 0 Å². The topological polar surface area (TPSA) is 66.3 Å². The van der Waals surface area contributed by atoms with Gasteiger partial charge >= 0.3 is 0 Å². The van der Waals surface area contributed by atoms with Gasteiger partial charge in [0, 0.05) is 26.2 Å². The van der Waals surface area contributed by atoms with Gasteiger partial charge in [-0.1, -0.05) is 6.07 Å². The summed E-state index contributed by atoms with van der Waals surface area (Å²) in [6.07, 6.45) is 2.35. The van der Waals surface area contributed by atoms with Crippen LogP contribution in [0.2, 0.25) is 0 Å². The molecular formula is C18H26FN3O3. The summed E-state index contributed by atoms with van der Waals surface area (Å²) in [7, 11) is 0. The molecule has 2 atom stereocenters. The standard InChI is InChI=1S/C18H26FN3O3/c1-2-20-18(21-11-13-5-6-15(23)14(19)10-13)22-7-9-25-17(12-22)16-4-3-8-24-16/h5-6,10,16-17,23H,2-4,7-9,11-12H2,1H3,(H,20,21). The second kappa shape index (κ2) is 8.49. The van der Waals surface area contributed by atoms with Gasteiger partial charge < -0.3 is 24.8 Å². The largest absolute Gasteiger partial charge is 0.505 e. The molecule has 2 heterocycles. The van der Waals surface area contributed by atoms with Crippen LogP contribution in [-0.4, -0.2) is 61.0 Å². The summed E-state index contributed by atoms with van der Waals surface area (Å²) in [5.41, 5.74) is 0.717. The summed E-state index contributed by atoms with van der Waals surface area (Å²) in [4.78, 5) is 6.80. The third-order valence-corrected chi connectivity index (χ3v) is 4.53. The van der Waals surface area contributed by atoms with Crippen molar-refractivity contribution in [3.8, 4) is 5.75 Å². The Bertz CT molecular complexity index is 605. The van der Waals surface area contributed by atoms with Gasteiger partial charge in [0.05, 0.1) is 19.3 Å². The Balaban J connectivity index is 1.67. The van der Waals surface area contributed by atoms with Crippen LogP contribution in [0.25, 0.3) is 0 Å². The summed E-state index contributed by atoms with van der Waals surface area (Å²) in [6, 6.07) is 4.35. The molecule has 25 heavy (non-hydrogen) atoms. The van der Waals surface area contributed by atoms with Crippen LogP contribution in [0.5, 0.6) is 5.75 Å². The fraction of sp³-hybridized carbons (Fsp3) is 0.611. The molecule has 7 heteroatoms. The molecule has 2 aliphatic heterocycles. The zero-order valence-electron chi connectivity index (χ0n) is 14.6. The number of nitrogens with zero attached hydrogens (tertiary/aromatic N) is 2. The number of ether oxygens (including phenoxy) is 2. The zero-order chi connectivity index (χ0) is 17.6. The zero-order valence-corrected chi connectivity index (χ0v) is 14.6. The van der Waals surface area contributed by atoms with E-state index in [9.17, 15) is 9.50 Å². The van der Waals surface area contributed by atoms with E-state index in [-0.39, 0.29) is 18.0 Å². The van der Waals surface area contributed by atoms with Crippen LogP contribution >= 0.6 is 0 Å². The van der Waals surface area contributed by atoms with Crippen molar-refractivity contribution in [1.29, 1.82) is 0 Å². The van der Waals surface area contributed by atoms with Crippen LogP contribution in [0.3, 0.4) is 0 Å². The molecule has 1 aromatic rings. The predicted octanol–water partition coefficient (Wildman–Crippen LogP) is 1.88. The number of benzene rings is 1. The summed E-state index contributed by atoms with van der Waals surface area (Å²) < 4.78 is 25.1. The summed E-state index contributed by atoms with van der Waals surface area (Å²) in [5, 5.41) is 12.6. The number of guanidine groups is 1. The minimum absolute atomic E-state index is 0.0613. The Kier molecular flexibility index (Phi) is 6.09. The van der Waals surface area contributed by atoms with Gasteiger partial charge in [0.15, 0.2) is 17.5 Å². The van der Waals surface area contributed by atoms with E-state index in [2.05, 4.69) is 15.2 Å². The smallest absolute Gasteiger partial charge is 0.194 e. The molecule has 0 amide bonds. The second-order valence-corrected chi connectivity index (χ2v) is 6.36. The average molecular weight is 351 g/mol. The van der Waals surface area contributed by atoms with E-state index in [4.69, 9.17) is 9.47 Å². The van der Waals surface area contributed by atoms with E-state index >= 15 is 0 Å². The van der Waals surface area contributed by atoms with Crippen LogP contribution in [0, 0.1) is 5.82 Å². The second-order valence-electron chi connectivity index (χ2n) is 6.36. The van der Waals surface area contributed by atoms with E-state index < -0.39 is 5.82 Å². The van der Waals surface area contributed by atoms with Crippen LogP contribution in [0.4, 0.5) is 4.39 Å². The molecule has 2 unspecified atom stereocenters. The van der Waals surface area contributed by atoms with E-state index in [1.54, 1.807) is 6.07 Å². The molecule has 138 valence electrons. The maximum Gasteiger partial charge on any atom is 0.194 e. The third kappa shape index (κ3) is 4.61. The molecule has 6 nitrogen and oxygen atoms in total. The van der Waals surface area contributed by atoms with Gasteiger partial charge in [0.25, 0.3) is 0 Å². The number of phenolic OH excluding ortho intramolecular Hbond substituents is 1. The normalized spacial score (nSPS) is 24.6. The van der Waals surface area contributed by atoms with Gasteiger partial charge in [-0.2, -0.15) is 0 Å². The molecule has 3 rings (SSSR count). The molecule has 0 saturated carbocycles. The quantitative estimate of drug-likeness (QED) is 0.640. The number of morpholine rings is 1. The third-order valence-electron chi connectivity index (χ3n) is 4.53. The Morgan fingerprint density at radius 1 is 1.36 bits per heavy atom. The number of hydrogen-bond acceptors (Lipinski definition) is 4. The predicted molar refractivity (Wildman–Crippen MR) is 93.2 cm³/mol. The maximum absolute atomic E-state index is 13.5. The molecule has 2 saturated heterocycles. The fourth-order valence-electron chi connectivity index (χ4n) is 3.23. The average Bonchev–Trinajstić information content (AvgIpc) is 3.16. The molecule has 2 N–H and O–H groups in total. The number of nitrogens with one attached hydrogen (secondary N) is 1. The highest BCUT2D eigenvalue weighted by Crippen LogP contribution is 2.21. The fourth-order valence-corrected chi connectivity index (χ4v) is 3.23. The van der Waals surface area contributed by atoms with E-state index in [0.29, 0.717) is 13.2 Å². The van der Waals surface area contributed by atoms with Crippen molar-refractivity contribution in [3.63, 3.8) is 0 Å². The molecule has 0 aromatic heterocycles. The number of hydrogen-bond donors (Lipinski definition) is 2. The van der Waals surface area contributed by atoms with Crippen molar-refractivity contribution < 1.29 is 19.0 Å². The Labute approximate surface area is 147 Å². The van der Waals surface area contributed by atoms with Gasteiger partial charge in [0.2, 0.25) is 0 Å². The highest BCUT2D eigenvalue weighted by atomic mass is 19.1. The molecule has 0 spiro atoms. The Morgan fingerprint density at radius 3 is 2.92 bits per heavy atom. The first kappa shape index (κ1) is 17.9. The number of aliphatic imine (C=N–C) groups is 1.